The van der Waals surface area contributed by atoms with Crippen LogP contribution in [-0.4, -0.2) is 11.4 Å². The molecule has 5 N–H and O–H groups in total. The summed E-state index contributed by atoms with van der Waals surface area (Å²) in [5.74, 6) is -0.504. The van der Waals surface area contributed by atoms with E-state index in [0.717, 1.165) is 12.1 Å². The van der Waals surface area contributed by atoms with Gasteiger partial charge in [0.25, 0.3) is 5.91 Å². The molecule has 0 spiro atoms. The predicted molar refractivity (Wildman–Crippen MR) is 67.4 cm³/mol. The smallest absolute Gasteiger partial charge is 0.250 e. The second-order valence-electron chi connectivity index (χ2n) is 4.53. The zero-order valence-electron chi connectivity index (χ0n) is 10.0. The first kappa shape index (κ1) is 12.4. The number of nitrogens with two attached hydrogens (primary N) is 2. The Bertz CT molecular complexity index is 399. The van der Waals surface area contributed by atoms with Crippen LogP contribution in [0.15, 0.2) is 18.2 Å². The van der Waals surface area contributed by atoms with Gasteiger partial charge in [-0.25, -0.2) is 0 Å². The highest BCUT2D eigenvalue weighted by molar-refractivity contribution is 5.98. The van der Waals surface area contributed by atoms with Gasteiger partial charge in [-0.15, -0.1) is 0 Å². The Hall–Kier alpha value is -1.71. The van der Waals surface area contributed by atoms with E-state index in [4.69, 9.17) is 11.5 Å². The van der Waals surface area contributed by atoms with Crippen molar-refractivity contribution < 1.29 is 4.79 Å². The van der Waals surface area contributed by atoms with E-state index in [1.54, 1.807) is 12.1 Å². The van der Waals surface area contributed by atoms with Crippen molar-refractivity contribution in [1.29, 1.82) is 0 Å². The van der Waals surface area contributed by atoms with Gasteiger partial charge < -0.3 is 16.8 Å². The predicted octanol–water partition coefficient (Wildman–Crippen LogP) is 1.97. The minimum Gasteiger partial charge on any atom is -0.398 e. The van der Waals surface area contributed by atoms with Crippen molar-refractivity contribution in [2.75, 3.05) is 11.1 Å². The van der Waals surface area contributed by atoms with Crippen LogP contribution in [0.3, 0.4) is 0 Å². The molecule has 1 aromatic rings. The summed E-state index contributed by atoms with van der Waals surface area (Å²) >= 11 is 0. The highest BCUT2D eigenvalue weighted by atomic mass is 16.1. The summed E-state index contributed by atoms with van der Waals surface area (Å²) in [6, 6.07) is 5.22. The van der Waals surface area contributed by atoms with Gasteiger partial charge in [0.2, 0.25) is 0 Å². The van der Waals surface area contributed by atoms with Crippen LogP contribution < -0.4 is 16.8 Å². The van der Waals surface area contributed by atoms with E-state index >= 15 is 0 Å². The molecule has 0 aromatic heterocycles. The molecule has 0 saturated carbocycles. The number of anilines is 2. The quantitative estimate of drug-likeness (QED) is 0.680. The minimum absolute atomic E-state index is 0.0228. The lowest BCUT2D eigenvalue weighted by Gasteiger charge is -2.26. The van der Waals surface area contributed by atoms with Gasteiger partial charge >= 0.3 is 0 Å². The van der Waals surface area contributed by atoms with Crippen LogP contribution in [0, 0.1) is 0 Å². The Labute approximate surface area is 96.0 Å². The molecule has 1 aromatic carbocycles. The fourth-order valence-electron chi connectivity index (χ4n) is 1.33. The molecule has 4 nitrogen and oxygen atoms in total. The first-order valence-electron chi connectivity index (χ1n) is 5.33. The summed E-state index contributed by atoms with van der Waals surface area (Å²) in [6.45, 7) is 6.28. The van der Waals surface area contributed by atoms with Gasteiger partial charge in [0, 0.05) is 16.9 Å². The number of primary amides is 1. The SMILES string of the molecule is CCC(C)(C)Nc1ccc(N)c(C(N)=O)c1. The third-order valence-corrected chi connectivity index (χ3v) is 2.69. The number of hydrogen-bond donors (Lipinski definition) is 3. The topological polar surface area (TPSA) is 81.1 Å². The van der Waals surface area contributed by atoms with Gasteiger partial charge in [0.15, 0.2) is 0 Å². The van der Waals surface area contributed by atoms with Crippen LogP contribution >= 0.6 is 0 Å². The fraction of sp³-hybridized carbons (Fsp3) is 0.417. The van der Waals surface area contributed by atoms with Crippen LogP contribution in [0.4, 0.5) is 11.4 Å². The van der Waals surface area contributed by atoms with Crippen LogP contribution in [0.2, 0.25) is 0 Å². The van der Waals surface area contributed by atoms with Gasteiger partial charge in [0.05, 0.1) is 5.56 Å². The van der Waals surface area contributed by atoms with E-state index in [1.165, 1.54) is 0 Å². The Kier molecular flexibility index (Phi) is 3.42. The van der Waals surface area contributed by atoms with E-state index in [1.807, 2.05) is 6.07 Å². The lowest BCUT2D eigenvalue weighted by Crippen LogP contribution is -2.29. The molecule has 0 bridgehead atoms. The van der Waals surface area contributed by atoms with Crippen LogP contribution in [0.25, 0.3) is 0 Å². The first-order valence-corrected chi connectivity index (χ1v) is 5.33. The average Bonchev–Trinajstić information content (AvgIpc) is 2.20. The molecule has 0 aliphatic carbocycles. The maximum absolute atomic E-state index is 11.1. The number of carbonyl (C=O) groups excluding carboxylic acids is 1. The summed E-state index contributed by atoms with van der Waals surface area (Å²) in [5.41, 5.74) is 12.5. The average molecular weight is 221 g/mol. The van der Waals surface area contributed by atoms with E-state index in [0.29, 0.717) is 11.3 Å². The van der Waals surface area contributed by atoms with Crippen LogP contribution in [0.5, 0.6) is 0 Å². The Morgan fingerprint density at radius 1 is 1.44 bits per heavy atom. The number of rotatable bonds is 4. The molecule has 0 saturated heterocycles. The summed E-state index contributed by atoms with van der Waals surface area (Å²) in [7, 11) is 0. The second-order valence-corrected chi connectivity index (χ2v) is 4.53. The van der Waals surface area contributed by atoms with Gasteiger partial charge in [-0.1, -0.05) is 6.92 Å². The van der Waals surface area contributed by atoms with Crippen molar-refractivity contribution in [1.82, 2.24) is 0 Å². The van der Waals surface area contributed by atoms with Gasteiger partial charge in [-0.05, 0) is 38.5 Å². The fourth-order valence-corrected chi connectivity index (χ4v) is 1.33. The molecular weight excluding hydrogens is 202 g/mol. The van der Waals surface area contributed by atoms with Crippen LogP contribution in [-0.2, 0) is 0 Å². The Morgan fingerprint density at radius 3 is 2.56 bits per heavy atom. The first-order chi connectivity index (χ1) is 7.35. The molecule has 0 radical (unpaired) electrons. The van der Waals surface area contributed by atoms with E-state index in [2.05, 4.69) is 26.1 Å². The standard InChI is InChI=1S/C12H19N3O/c1-4-12(2,3)15-8-5-6-10(13)9(7-8)11(14)16/h5-7,15H,4,13H2,1-3H3,(H2,14,16). The van der Waals surface area contributed by atoms with Crippen molar-refractivity contribution in [3.63, 3.8) is 0 Å². The monoisotopic (exact) mass is 221 g/mol. The summed E-state index contributed by atoms with van der Waals surface area (Å²) < 4.78 is 0. The van der Waals surface area contributed by atoms with Crippen molar-refractivity contribution >= 4 is 17.3 Å². The zero-order valence-corrected chi connectivity index (χ0v) is 10.0. The lowest BCUT2D eigenvalue weighted by molar-refractivity contribution is 0.100. The number of amides is 1. The van der Waals surface area contributed by atoms with Crippen molar-refractivity contribution in [3.05, 3.63) is 23.8 Å². The number of hydrogen-bond acceptors (Lipinski definition) is 3. The molecular formula is C12H19N3O. The van der Waals surface area contributed by atoms with E-state index in [-0.39, 0.29) is 5.54 Å². The molecule has 0 fully saturated rings. The lowest BCUT2D eigenvalue weighted by atomic mass is 10.0. The van der Waals surface area contributed by atoms with Crippen molar-refractivity contribution in [3.8, 4) is 0 Å². The maximum atomic E-state index is 11.1. The highest BCUT2D eigenvalue weighted by Gasteiger charge is 2.15. The molecule has 88 valence electrons. The summed E-state index contributed by atoms with van der Waals surface area (Å²) in [5, 5.41) is 3.33. The zero-order chi connectivity index (χ0) is 12.3. The van der Waals surface area contributed by atoms with Crippen LogP contribution in [0.1, 0.15) is 37.6 Å². The van der Waals surface area contributed by atoms with E-state index in [9.17, 15) is 4.79 Å². The third-order valence-electron chi connectivity index (χ3n) is 2.69. The summed E-state index contributed by atoms with van der Waals surface area (Å²) in [4.78, 5) is 11.1. The largest absolute Gasteiger partial charge is 0.398 e. The summed E-state index contributed by atoms with van der Waals surface area (Å²) in [6.07, 6.45) is 0.975. The molecule has 1 rings (SSSR count). The molecule has 16 heavy (non-hydrogen) atoms. The highest BCUT2D eigenvalue weighted by Crippen LogP contribution is 2.22. The Balaban J connectivity index is 3.00. The minimum atomic E-state index is -0.504. The number of nitrogen functional groups attached to an aromatic ring is 1. The molecule has 0 unspecified atom stereocenters. The number of carbonyl (C=O) groups is 1. The molecule has 0 heterocycles. The molecule has 0 aliphatic rings. The normalized spacial score (nSPS) is 11.2. The van der Waals surface area contributed by atoms with Crippen molar-refractivity contribution in [2.45, 2.75) is 32.7 Å². The molecule has 0 atom stereocenters. The second kappa shape index (κ2) is 4.43. The van der Waals surface area contributed by atoms with Gasteiger partial charge in [-0.2, -0.15) is 0 Å². The molecule has 4 heteroatoms. The number of nitrogens with one attached hydrogen (secondary N) is 1. The van der Waals surface area contributed by atoms with Gasteiger partial charge in [-0.3, -0.25) is 4.79 Å². The van der Waals surface area contributed by atoms with E-state index < -0.39 is 5.91 Å². The maximum Gasteiger partial charge on any atom is 0.250 e. The van der Waals surface area contributed by atoms with Crippen molar-refractivity contribution in [2.24, 2.45) is 5.73 Å². The molecule has 0 aliphatic heterocycles. The van der Waals surface area contributed by atoms with Gasteiger partial charge in [0.1, 0.15) is 0 Å². The number of benzene rings is 1. The third kappa shape index (κ3) is 2.89. The molecule has 1 amide bonds. The Morgan fingerprint density at radius 2 is 2.06 bits per heavy atom.